The summed E-state index contributed by atoms with van der Waals surface area (Å²) in [6.45, 7) is 3.99. The molecule has 2 aromatic rings. The minimum absolute atomic E-state index is 0.00216. The van der Waals surface area contributed by atoms with Gasteiger partial charge in [0.2, 0.25) is 10.0 Å². The summed E-state index contributed by atoms with van der Waals surface area (Å²) in [5, 5.41) is 0. The van der Waals surface area contributed by atoms with Crippen molar-refractivity contribution in [2.45, 2.75) is 31.5 Å². The van der Waals surface area contributed by atoms with Gasteiger partial charge in [-0.1, -0.05) is 32.0 Å². The average Bonchev–Trinajstić information content (AvgIpc) is 2.59. The van der Waals surface area contributed by atoms with Gasteiger partial charge in [-0.3, -0.25) is 0 Å². The third-order valence-electron chi connectivity index (χ3n) is 3.95. The van der Waals surface area contributed by atoms with E-state index in [1.807, 2.05) is 13.8 Å². The molecule has 0 amide bonds. The molecule has 166 valence electrons. The quantitative estimate of drug-likeness (QED) is 0.553. The van der Waals surface area contributed by atoms with Gasteiger partial charge in [0.05, 0.1) is 11.8 Å². The standard InChI is InChI=1S/C19H22F3NO5S2/c1-14(2)12-23(29(3,24)25)13-15-6-4-8-17(10-15)28-30(26,27)18-9-5-7-16(11-18)19(20,21)22/h4-11,14H,12-13H2,1-3H3. The zero-order valence-corrected chi connectivity index (χ0v) is 18.2. The Balaban J connectivity index is 2.28. The number of benzene rings is 2. The first-order valence-electron chi connectivity index (χ1n) is 8.84. The Morgan fingerprint density at radius 2 is 1.63 bits per heavy atom. The van der Waals surface area contributed by atoms with E-state index in [4.69, 9.17) is 4.18 Å². The normalized spacial score (nSPS) is 13.1. The Kier molecular flexibility index (Phi) is 7.20. The molecule has 0 N–H and O–H groups in total. The summed E-state index contributed by atoms with van der Waals surface area (Å²) in [5.74, 6) is -0.0663. The van der Waals surface area contributed by atoms with Crippen LogP contribution >= 0.6 is 0 Å². The molecule has 0 unspecified atom stereocenters. The number of halogens is 3. The summed E-state index contributed by atoms with van der Waals surface area (Å²) in [6.07, 6.45) is -3.62. The van der Waals surface area contributed by atoms with E-state index in [0.717, 1.165) is 24.5 Å². The zero-order chi connectivity index (χ0) is 22.7. The van der Waals surface area contributed by atoms with E-state index in [-0.39, 0.29) is 24.8 Å². The first kappa shape index (κ1) is 24.2. The maximum Gasteiger partial charge on any atom is 0.416 e. The van der Waals surface area contributed by atoms with Crippen LogP contribution in [0.5, 0.6) is 5.75 Å². The van der Waals surface area contributed by atoms with Gasteiger partial charge in [0.25, 0.3) is 0 Å². The van der Waals surface area contributed by atoms with E-state index in [9.17, 15) is 30.0 Å². The lowest BCUT2D eigenvalue weighted by atomic mass is 10.2. The van der Waals surface area contributed by atoms with Crippen LogP contribution < -0.4 is 4.18 Å². The van der Waals surface area contributed by atoms with Crippen molar-refractivity contribution in [1.29, 1.82) is 0 Å². The number of nitrogens with zero attached hydrogens (tertiary/aromatic N) is 1. The van der Waals surface area contributed by atoms with Gasteiger partial charge in [-0.15, -0.1) is 0 Å². The SMILES string of the molecule is CC(C)CN(Cc1cccc(OS(=O)(=O)c2cccc(C(F)(F)F)c2)c1)S(C)(=O)=O. The molecule has 0 saturated carbocycles. The van der Waals surface area contributed by atoms with E-state index >= 15 is 0 Å². The maximum atomic E-state index is 12.9. The van der Waals surface area contributed by atoms with Gasteiger partial charge in [0.1, 0.15) is 10.6 Å². The molecule has 0 aliphatic rings. The number of hydrogen-bond acceptors (Lipinski definition) is 5. The average molecular weight is 466 g/mol. The molecule has 0 aliphatic heterocycles. The molecule has 2 aromatic carbocycles. The molecular weight excluding hydrogens is 443 g/mol. The van der Waals surface area contributed by atoms with Gasteiger partial charge in [0.15, 0.2) is 0 Å². The van der Waals surface area contributed by atoms with Crippen molar-refractivity contribution in [2.24, 2.45) is 5.92 Å². The Labute approximate surface area is 174 Å². The van der Waals surface area contributed by atoms with Crippen LogP contribution in [-0.4, -0.2) is 33.9 Å². The second kappa shape index (κ2) is 8.94. The molecule has 0 fully saturated rings. The Morgan fingerprint density at radius 1 is 1.00 bits per heavy atom. The van der Waals surface area contributed by atoms with E-state index in [0.29, 0.717) is 11.6 Å². The van der Waals surface area contributed by atoms with Crippen LogP contribution in [0.4, 0.5) is 13.2 Å². The van der Waals surface area contributed by atoms with Crippen LogP contribution in [0.1, 0.15) is 25.0 Å². The summed E-state index contributed by atoms with van der Waals surface area (Å²) in [5.41, 5.74) is -0.642. The van der Waals surface area contributed by atoms with E-state index < -0.39 is 36.8 Å². The van der Waals surface area contributed by atoms with Crippen molar-refractivity contribution in [3.8, 4) is 5.75 Å². The number of hydrogen-bond donors (Lipinski definition) is 0. The van der Waals surface area contributed by atoms with Gasteiger partial charge < -0.3 is 4.18 Å². The van der Waals surface area contributed by atoms with Crippen LogP contribution in [-0.2, 0) is 32.9 Å². The van der Waals surface area contributed by atoms with Crippen molar-refractivity contribution in [3.05, 3.63) is 59.7 Å². The molecule has 30 heavy (non-hydrogen) atoms. The van der Waals surface area contributed by atoms with Gasteiger partial charge in [-0.25, -0.2) is 8.42 Å². The molecule has 0 saturated heterocycles. The third kappa shape index (κ3) is 6.71. The fourth-order valence-electron chi connectivity index (χ4n) is 2.63. The lowest BCUT2D eigenvalue weighted by Gasteiger charge is -2.22. The number of sulfonamides is 1. The van der Waals surface area contributed by atoms with Crippen molar-refractivity contribution in [2.75, 3.05) is 12.8 Å². The predicted molar refractivity (Wildman–Crippen MR) is 106 cm³/mol. The minimum Gasteiger partial charge on any atom is -0.379 e. The van der Waals surface area contributed by atoms with Crippen molar-refractivity contribution >= 4 is 20.1 Å². The molecule has 6 nitrogen and oxygen atoms in total. The second-order valence-electron chi connectivity index (χ2n) is 7.16. The molecule has 0 bridgehead atoms. The largest absolute Gasteiger partial charge is 0.416 e. The van der Waals surface area contributed by atoms with Gasteiger partial charge in [-0.2, -0.15) is 25.9 Å². The summed E-state index contributed by atoms with van der Waals surface area (Å²) >= 11 is 0. The van der Waals surface area contributed by atoms with Crippen LogP contribution in [0.3, 0.4) is 0 Å². The van der Waals surface area contributed by atoms with Crippen LogP contribution in [0.25, 0.3) is 0 Å². The van der Waals surface area contributed by atoms with Gasteiger partial charge in [-0.05, 0) is 41.8 Å². The smallest absolute Gasteiger partial charge is 0.379 e. The number of alkyl halides is 3. The summed E-state index contributed by atoms with van der Waals surface area (Å²) in [4.78, 5) is -0.639. The zero-order valence-electron chi connectivity index (χ0n) is 16.5. The highest BCUT2D eigenvalue weighted by atomic mass is 32.2. The van der Waals surface area contributed by atoms with Crippen molar-refractivity contribution < 1.29 is 34.2 Å². The van der Waals surface area contributed by atoms with Crippen molar-refractivity contribution in [1.82, 2.24) is 4.31 Å². The van der Waals surface area contributed by atoms with Crippen LogP contribution in [0, 0.1) is 5.92 Å². The molecule has 2 rings (SSSR count). The predicted octanol–water partition coefficient (Wildman–Crippen LogP) is 3.89. The summed E-state index contributed by atoms with van der Waals surface area (Å²) in [7, 11) is -8.02. The lowest BCUT2D eigenvalue weighted by Crippen LogP contribution is -2.32. The first-order valence-corrected chi connectivity index (χ1v) is 12.1. The summed E-state index contributed by atoms with van der Waals surface area (Å²) in [6, 6.07) is 8.96. The molecule has 0 radical (unpaired) electrons. The molecule has 0 heterocycles. The highest BCUT2D eigenvalue weighted by molar-refractivity contribution is 7.88. The van der Waals surface area contributed by atoms with E-state index in [1.165, 1.54) is 22.5 Å². The van der Waals surface area contributed by atoms with Gasteiger partial charge >= 0.3 is 16.3 Å². The fourth-order valence-corrected chi connectivity index (χ4v) is 4.55. The Bertz CT molecular complexity index is 1100. The third-order valence-corrected chi connectivity index (χ3v) is 6.41. The highest BCUT2D eigenvalue weighted by Crippen LogP contribution is 2.31. The minimum atomic E-state index is -4.70. The topological polar surface area (TPSA) is 80.8 Å². The number of rotatable bonds is 8. The van der Waals surface area contributed by atoms with Crippen LogP contribution in [0.15, 0.2) is 53.4 Å². The monoisotopic (exact) mass is 465 g/mol. The molecule has 11 heteroatoms. The van der Waals surface area contributed by atoms with Gasteiger partial charge in [0, 0.05) is 13.1 Å². The summed E-state index contributed by atoms with van der Waals surface area (Å²) < 4.78 is 93.6. The molecule has 0 spiro atoms. The Morgan fingerprint density at radius 3 is 2.20 bits per heavy atom. The Hall–Kier alpha value is -2.11. The van der Waals surface area contributed by atoms with E-state index in [2.05, 4.69) is 0 Å². The molecular formula is C19H22F3NO5S2. The van der Waals surface area contributed by atoms with Crippen LogP contribution in [0.2, 0.25) is 0 Å². The fraction of sp³-hybridized carbons (Fsp3) is 0.368. The second-order valence-corrected chi connectivity index (χ2v) is 10.7. The maximum absolute atomic E-state index is 12.9. The molecule has 0 atom stereocenters. The highest BCUT2D eigenvalue weighted by Gasteiger charge is 2.32. The molecule has 0 aliphatic carbocycles. The first-order chi connectivity index (χ1) is 13.7. The van der Waals surface area contributed by atoms with E-state index in [1.54, 1.807) is 6.07 Å². The molecule has 0 aromatic heterocycles. The lowest BCUT2D eigenvalue weighted by molar-refractivity contribution is -0.137. The van der Waals surface area contributed by atoms with Crippen molar-refractivity contribution in [3.63, 3.8) is 0 Å².